The van der Waals surface area contributed by atoms with E-state index in [4.69, 9.17) is 10.5 Å². The number of halogens is 1. The number of anilines is 1. The Morgan fingerprint density at radius 2 is 2.13 bits per heavy atom. The molecule has 0 spiro atoms. The molecule has 0 unspecified atom stereocenters. The van der Waals surface area contributed by atoms with Crippen molar-refractivity contribution >= 4 is 22.6 Å². The van der Waals surface area contributed by atoms with Crippen LogP contribution in [0.5, 0.6) is 0 Å². The molecule has 0 radical (unpaired) electrons. The number of benzene rings is 1. The van der Waals surface area contributed by atoms with Crippen molar-refractivity contribution in [2.45, 2.75) is 26.3 Å². The van der Waals surface area contributed by atoms with E-state index in [0.29, 0.717) is 49.9 Å². The van der Waals surface area contributed by atoms with Gasteiger partial charge >= 0.3 is 0 Å². The lowest BCUT2D eigenvalue weighted by Gasteiger charge is -2.29. The summed E-state index contributed by atoms with van der Waals surface area (Å²) in [6.45, 7) is 5.29. The fraction of sp³-hybridized carbons (Fsp3) is 0.500. The van der Waals surface area contributed by atoms with Crippen LogP contribution in [-0.2, 0) is 22.5 Å². The van der Waals surface area contributed by atoms with Crippen LogP contribution in [0.25, 0.3) is 11.0 Å². The highest BCUT2D eigenvalue weighted by Gasteiger charge is 2.19. The Labute approximate surface area is 134 Å². The van der Waals surface area contributed by atoms with Crippen molar-refractivity contribution in [3.63, 3.8) is 0 Å². The molecule has 1 fully saturated rings. The van der Waals surface area contributed by atoms with Gasteiger partial charge in [-0.2, -0.15) is 0 Å². The third-order valence-electron chi connectivity index (χ3n) is 4.03. The van der Waals surface area contributed by atoms with Crippen LogP contribution >= 0.6 is 0 Å². The normalized spacial score (nSPS) is 15.3. The number of amides is 1. The number of nitrogens with two attached hydrogens (primary N) is 1. The van der Waals surface area contributed by atoms with E-state index in [9.17, 15) is 9.18 Å². The van der Waals surface area contributed by atoms with Crippen LogP contribution in [0.1, 0.15) is 19.2 Å². The summed E-state index contributed by atoms with van der Waals surface area (Å²) >= 11 is 0. The maximum Gasteiger partial charge on any atom is 0.225 e. The standard InChI is InChI=1S/C16H21FN4O2/c1-2-3-21-14-9-13(20-4-6-23-7-5-20)11(17)8-12(14)19-16(21)10-15(18)22/h8-9H,2-7,10H2,1H3,(H2,18,22). The lowest BCUT2D eigenvalue weighted by atomic mass is 10.2. The summed E-state index contributed by atoms with van der Waals surface area (Å²) in [5.74, 6) is -0.148. The first-order chi connectivity index (χ1) is 11.1. The van der Waals surface area contributed by atoms with Gasteiger partial charge in [0.05, 0.1) is 36.4 Å². The molecule has 1 saturated heterocycles. The van der Waals surface area contributed by atoms with E-state index in [0.717, 1.165) is 11.9 Å². The van der Waals surface area contributed by atoms with Crippen molar-refractivity contribution in [1.29, 1.82) is 0 Å². The Hall–Kier alpha value is -2.15. The average molecular weight is 320 g/mol. The Morgan fingerprint density at radius 3 is 2.78 bits per heavy atom. The number of morpholine rings is 1. The summed E-state index contributed by atoms with van der Waals surface area (Å²) in [6.07, 6.45) is 0.949. The van der Waals surface area contributed by atoms with Crippen molar-refractivity contribution in [3.05, 3.63) is 23.8 Å². The Balaban J connectivity index is 2.08. The van der Waals surface area contributed by atoms with Gasteiger partial charge < -0.3 is 19.9 Å². The van der Waals surface area contributed by atoms with E-state index in [2.05, 4.69) is 4.98 Å². The molecule has 0 bridgehead atoms. The molecule has 2 N–H and O–H groups in total. The van der Waals surface area contributed by atoms with E-state index in [1.54, 1.807) is 0 Å². The fourth-order valence-corrected chi connectivity index (χ4v) is 2.99. The largest absolute Gasteiger partial charge is 0.378 e. The number of rotatable bonds is 5. The molecular weight excluding hydrogens is 299 g/mol. The van der Waals surface area contributed by atoms with Crippen molar-refractivity contribution in [3.8, 4) is 0 Å². The third kappa shape index (κ3) is 3.14. The van der Waals surface area contributed by atoms with Gasteiger partial charge in [-0.15, -0.1) is 0 Å². The Bertz CT molecular complexity index is 722. The molecule has 3 rings (SSSR count). The predicted octanol–water partition coefficient (Wildman–Crippen LogP) is 1.45. The molecule has 124 valence electrons. The van der Waals surface area contributed by atoms with Crippen LogP contribution in [0.2, 0.25) is 0 Å². The second-order valence-corrected chi connectivity index (χ2v) is 5.71. The molecular formula is C16H21FN4O2. The fourth-order valence-electron chi connectivity index (χ4n) is 2.99. The van der Waals surface area contributed by atoms with E-state index in [1.165, 1.54) is 6.07 Å². The second kappa shape index (κ2) is 6.54. The zero-order valence-electron chi connectivity index (χ0n) is 13.2. The summed E-state index contributed by atoms with van der Waals surface area (Å²) in [6, 6.07) is 3.26. The number of hydrogen-bond donors (Lipinski definition) is 1. The van der Waals surface area contributed by atoms with E-state index < -0.39 is 5.91 Å². The molecule has 1 aliphatic heterocycles. The molecule has 1 aromatic heterocycles. The summed E-state index contributed by atoms with van der Waals surface area (Å²) in [4.78, 5) is 17.6. The van der Waals surface area contributed by atoms with Gasteiger partial charge in [0.25, 0.3) is 0 Å². The van der Waals surface area contributed by atoms with E-state index in [1.807, 2.05) is 22.5 Å². The Kier molecular flexibility index (Phi) is 4.47. The monoisotopic (exact) mass is 320 g/mol. The first-order valence-electron chi connectivity index (χ1n) is 7.89. The van der Waals surface area contributed by atoms with Gasteiger partial charge in [0.2, 0.25) is 5.91 Å². The minimum absolute atomic E-state index is 0.0587. The maximum atomic E-state index is 14.5. The van der Waals surface area contributed by atoms with Crippen LogP contribution < -0.4 is 10.6 Å². The van der Waals surface area contributed by atoms with Gasteiger partial charge in [0, 0.05) is 25.7 Å². The highest BCUT2D eigenvalue weighted by atomic mass is 19.1. The predicted molar refractivity (Wildman–Crippen MR) is 85.9 cm³/mol. The van der Waals surface area contributed by atoms with Crippen molar-refractivity contribution < 1.29 is 13.9 Å². The minimum Gasteiger partial charge on any atom is -0.378 e. The zero-order valence-corrected chi connectivity index (χ0v) is 13.2. The molecule has 2 aromatic rings. The lowest BCUT2D eigenvalue weighted by molar-refractivity contribution is -0.117. The molecule has 1 aromatic carbocycles. The van der Waals surface area contributed by atoms with Gasteiger partial charge in [-0.25, -0.2) is 9.37 Å². The van der Waals surface area contributed by atoms with Crippen LogP contribution in [0, 0.1) is 5.82 Å². The number of aryl methyl sites for hydroxylation is 1. The summed E-state index contributed by atoms with van der Waals surface area (Å²) in [5, 5.41) is 0. The van der Waals surface area contributed by atoms with Gasteiger partial charge in [-0.3, -0.25) is 4.79 Å². The highest BCUT2D eigenvalue weighted by Crippen LogP contribution is 2.28. The van der Waals surface area contributed by atoms with Gasteiger partial charge in [-0.1, -0.05) is 6.92 Å². The molecule has 7 heteroatoms. The quantitative estimate of drug-likeness (QED) is 0.905. The first-order valence-corrected chi connectivity index (χ1v) is 7.89. The van der Waals surface area contributed by atoms with Crippen LogP contribution in [0.15, 0.2) is 12.1 Å². The first kappa shape index (κ1) is 15.7. The van der Waals surface area contributed by atoms with Crippen LogP contribution in [0.4, 0.5) is 10.1 Å². The van der Waals surface area contributed by atoms with Crippen molar-refractivity contribution in [2.24, 2.45) is 5.73 Å². The van der Waals surface area contributed by atoms with Gasteiger partial charge in [0.15, 0.2) is 0 Å². The zero-order chi connectivity index (χ0) is 16.4. The molecule has 6 nitrogen and oxygen atoms in total. The molecule has 0 saturated carbocycles. The number of fused-ring (bicyclic) bond motifs is 1. The molecule has 0 atom stereocenters. The molecule has 1 aliphatic rings. The third-order valence-corrected chi connectivity index (χ3v) is 4.03. The number of hydrogen-bond acceptors (Lipinski definition) is 4. The van der Waals surface area contributed by atoms with Crippen LogP contribution in [0.3, 0.4) is 0 Å². The minimum atomic E-state index is -0.438. The van der Waals surface area contributed by atoms with Gasteiger partial charge in [0.1, 0.15) is 11.6 Å². The number of ether oxygens (including phenoxy) is 1. The number of aromatic nitrogens is 2. The SMILES string of the molecule is CCCn1c(CC(N)=O)nc2cc(F)c(N3CCOCC3)cc21. The van der Waals surface area contributed by atoms with Crippen LogP contribution in [-0.4, -0.2) is 41.8 Å². The summed E-state index contributed by atoms with van der Waals surface area (Å²) in [5.41, 5.74) is 7.26. The number of carbonyl (C=O) groups is 1. The number of carbonyl (C=O) groups excluding carboxylic acids is 1. The smallest absolute Gasteiger partial charge is 0.225 e. The molecule has 0 aliphatic carbocycles. The van der Waals surface area contributed by atoms with E-state index in [-0.39, 0.29) is 12.2 Å². The maximum absolute atomic E-state index is 14.5. The lowest BCUT2D eigenvalue weighted by Crippen LogP contribution is -2.36. The highest BCUT2D eigenvalue weighted by molar-refractivity contribution is 5.83. The topological polar surface area (TPSA) is 73.4 Å². The number of imidazole rings is 1. The average Bonchev–Trinajstić information content (AvgIpc) is 2.83. The van der Waals surface area contributed by atoms with Crippen molar-refractivity contribution in [1.82, 2.24) is 9.55 Å². The summed E-state index contributed by atoms with van der Waals surface area (Å²) in [7, 11) is 0. The van der Waals surface area contributed by atoms with E-state index >= 15 is 0 Å². The molecule has 23 heavy (non-hydrogen) atoms. The van der Waals surface area contributed by atoms with Gasteiger partial charge in [-0.05, 0) is 12.5 Å². The molecule has 1 amide bonds. The number of nitrogens with zero attached hydrogens (tertiary/aromatic N) is 3. The second-order valence-electron chi connectivity index (χ2n) is 5.71. The Morgan fingerprint density at radius 1 is 1.39 bits per heavy atom. The molecule has 2 heterocycles. The summed E-state index contributed by atoms with van der Waals surface area (Å²) < 4.78 is 21.8. The number of primary amides is 1. The van der Waals surface area contributed by atoms with Crippen molar-refractivity contribution in [2.75, 3.05) is 31.2 Å².